The molecule has 82 valence electrons. The molecule has 0 saturated heterocycles. The largest absolute Gasteiger partial charge is 0.508 e. The standard InChI is InChI=1S/C13H19NO/c1-2-12(14-9-10-7-8-10)11-5-3-4-6-13(11)15/h3-6,10,12,14-15H,2,7-9H2,1H3. The molecule has 15 heavy (non-hydrogen) atoms. The number of benzene rings is 1. The molecule has 0 amide bonds. The van der Waals surface area contributed by atoms with E-state index in [4.69, 9.17) is 0 Å². The van der Waals surface area contributed by atoms with E-state index in [9.17, 15) is 5.11 Å². The summed E-state index contributed by atoms with van der Waals surface area (Å²) < 4.78 is 0. The van der Waals surface area contributed by atoms with E-state index in [-0.39, 0.29) is 0 Å². The fourth-order valence-corrected chi connectivity index (χ4v) is 1.89. The first-order valence-electron chi connectivity index (χ1n) is 5.82. The number of hydrogen-bond donors (Lipinski definition) is 2. The Morgan fingerprint density at radius 1 is 1.40 bits per heavy atom. The van der Waals surface area contributed by atoms with Crippen molar-refractivity contribution < 1.29 is 5.11 Å². The van der Waals surface area contributed by atoms with Crippen molar-refractivity contribution in [1.82, 2.24) is 5.32 Å². The molecule has 0 spiro atoms. The van der Waals surface area contributed by atoms with E-state index < -0.39 is 0 Å². The Balaban J connectivity index is 2.00. The van der Waals surface area contributed by atoms with E-state index in [0.29, 0.717) is 11.8 Å². The van der Waals surface area contributed by atoms with Crippen LogP contribution in [0.15, 0.2) is 24.3 Å². The van der Waals surface area contributed by atoms with Crippen molar-refractivity contribution in [2.45, 2.75) is 32.2 Å². The Labute approximate surface area is 91.3 Å². The Bertz CT molecular complexity index is 320. The molecule has 1 aliphatic rings. The van der Waals surface area contributed by atoms with Crippen molar-refractivity contribution in [1.29, 1.82) is 0 Å². The molecule has 0 aliphatic heterocycles. The average molecular weight is 205 g/mol. The Morgan fingerprint density at radius 3 is 2.73 bits per heavy atom. The summed E-state index contributed by atoms with van der Waals surface area (Å²) in [4.78, 5) is 0. The lowest BCUT2D eigenvalue weighted by Gasteiger charge is -2.18. The molecular weight excluding hydrogens is 186 g/mol. The number of aromatic hydroxyl groups is 1. The molecule has 1 aromatic carbocycles. The van der Waals surface area contributed by atoms with Gasteiger partial charge in [0.05, 0.1) is 0 Å². The second-order valence-electron chi connectivity index (χ2n) is 4.37. The van der Waals surface area contributed by atoms with Crippen molar-refractivity contribution in [3.05, 3.63) is 29.8 Å². The first kappa shape index (κ1) is 10.5. The first-order valence-corrected chi connectivity index (χ1v) is 5.82. The highest BCUT2D eigenvalue weighted by molar-refractivity contribution is 5.34. The first-order chi connectivity index (χ1) is 7.31. The Hall–Kier alpha value is -1.02. The maximum atomic E-state index is 9.75. The van der Waals surface area contributed by atoms with Gasteiger partial charge >= 0.3 is 0 Å². The number of hydrogen-bond acceptors (Lipinski definition) is 2. The van der Waals surface area contributed by atoms with Crippen LogP contribution >= 0.6 is 0 Å². The van der Waals surface area contributed by atoms with Gasteiger partial charge in [-0.2, -0.15) is 0 Å². The quantitative estimate of drug-likeness (QED) is 0.774. The lowest BCUT2D eigenvalue weighted by molar-refractivity contribution is 0.438. The minimum absolute atomic E-state index is 0.298. The molecule has 0 bridgehead atoms. The molecule has 1 aliphatic carbocycles. The van der Waals surface area contributed by atoms with Crippen molar-refractivity contribution in [3.8, 4) is 5.75 Å². The molecule has 2 rings (SSSR count). The van der Waals surface area contributed by atoms with Crippen molar-refractivity contribution in [2.75, 3.05) is 6.54 Å². The minimum atomic E-state index is 0.298. The molecule has 0 heterocycles. The molecule has 1 atom stereocenters. The third-order valence-electron chi connectivity index (χ3n) is 3.07. The molecule has 2 N–H and O–H groups in total. The summed E-state index contributed by atoms with van der Waals surface area (Å²) in [5.41, 5.74) is 1.03. The zero-order valence-corrected chi connectivity index (χ0v) is 9.24. The average Bonchev–Trinajstić information content (AvgIpc) is 3.05. The second kappa shape index (κ2) is 4.67. The fraction of sp³-hybridized carbons (Fsp3) is 0.538. The van der Waals surface area contributed by atoms with E-state index in [1.165, 1.54) is 12.8 Å². The molecule has 1 fully saturated rings. The predicted molar refractivity (Wildman–Crippen MR) is 61.9 cm³/mol. The van der Waals surface area contributed by atoms with Crippen LogP contribution in [0.5, 0.6) is 5.75 Å². The van der Waals surface area contributed by atoms with E-state index in [1.54, 1.807) is 6.07 Å². The van der Waals surface area contributed by atoms with Crippen LogP contribution in [0.1, 0.15) is 37.8 Å². The normalized spacial score (nSPS) is 17.7. The zero-order chi connectivity index (χ0) is 10.7. The number of phenolic OH excluding ortho intramolecular Hbond substituents is 1. The highest BCUT2D eigenvalue weighted by Gasteiger charge is 2.22. The van der Waals surface area contributed by atoms with Crippen LogP contribution in [0.25, 0.3) is 0 Å². The van der Waals surface area contributed by atoms with E-state index in [2.05, 4.69) is 12.2 Å². The van der Waals surface area contributed by atoms with Gasteiger partial charge in [-0.1, -0.05) is 25.1 Å². The van der Waals surface area contributed by atoms with Gasteiger partial charge in [0.15, 0.2) is 0 Å². The van der Waals surface area contributed by atoms with Crippen LogP contribution in [0.4, 0.5) is 0 Å². The molecular formula is C13H19NO. The van der Waals surface area contributed by atoms with Gasteiger partial charge in [-0.25, -0.2) is 0 Å². The molecule has 1 unspecified atom stereocenters. The van der Waals surface area contributed by atoms with Gasteiger partial charge in [-0.05, 0) is 37.8 Å². The summed E-state index contributed by atoms with van der Waals surface area (Å²) in [7, 11) is 0. The highest BCUT2D eigenvalue weighted by Crippen LogP contribution is 2.30. The summed E-state index contributed by atoms with van der Waals surface area (Å²) in [6, 6.07) is 7.91. The third kappa shape index (κ3) is 2.72. The highest BCUT2D eigenvalue weighted by atomic mass is 16.3. The molecule has 1 aromatic rings. The van der Waals surface area contributed by atoms with Crippen LogP contribution < -0.4 is 5.32 Å². The van der Waals surface area contributed by atoms with Crippen LogP contribution in [-0.2, 0) is 0 Å². The third-order valence-corrected chi connectivity index (χ3v) is 3.07. The van der Waals surface area contributed by atoms with Gasteiger partial charge in [-0.3, -0.25) is 0 Å². The molecule has 2 heteroatoms. The van der Waals surface area contributed by atoms with Gasteiger partial charge < -0.3 is 10.4 Å². The summed E-state index contributed by atoms with van der Waals surface area (Å²) in [5, 5.41) is 13.3. The van der Waals surface area contributed by atoms with Crippen LogP contribution in [-0.4, -0.2) is 11.7 Å². The van der Waals surface area contributed by atoms with E-state index in [1.807, 2.05) is 18.2 Å². The molecule has 2 nitrogen and oxygen atoms in total. The number of rotatable bonds is 5. The number of phenols is 1. The summed E-state index contributed by atoms with van der Waals surface area (Å²) >= 11 is 0. The van der Waals surface area contributed by atoms with Gasteiger partial charge in [0, 0.05) is 11.6 Å². The summed E-state index contributed by atoms with van der Waals surface area (Å²) in [6.07, 6.45) is 3.75. The zero-order valence-electron chi connectivity index (χ0n) is 9.24. The summed E-state index contributed by atoms with van der Waals surface area (Å²) in [6.45, 7) is 3.24. The topological polar surface area (TPSA) is 32.3 Å². The predicted octanol–water partition coefficient (Wildman–Crippen LogP) is 2.84. The van der Waals surface area contributed by atoms with Crippen LogP contribution in [0, 0.1) is 5.92 Å². The monoisotopic (exact) mass is 205 g/mol. The lowest BCUT2D eigenvalue weighted by Crippen LogP contribution is -2.23. The van der Waals surface area contributed by atoms with E-state index in [0.717, 1.165) is 24.4 Å². The van der Waals surface area contributed by atoms with Crippen LogP contribution in [0.3, 0.4) is 0 Å². The van der Waals surface area contributed by atoms with Gasteiger partial charge in [0.2, 0.25) is 0 Å². The number of nitrogens with one attached hydrogen (secondary N) is 1. The fourth-order valence-electron chi connectivity index (χ4n) is 1.89. The Morgan fingerprint density at radius 2 is 2.13 bits per heavy atom. The lowest BCUT2D eigenvalue weighted by atomic mass is 10.0. The number of para-hydroxylation sites is 1. The second-order valence-corrected chi connectivity index (χ2v) is 4.37. The molecule has 0 aromatic heterocycles. The van der Waals surface area contributed by atoms with Gasteiger partial charge in [0.25, 0.3) is 0 Å². The van der Waals surface area contributed by atoms with Crippen molar-refractivity contribution in [2.24, 2.45) is 5.92 Å². The molecule has 1 saturated carbocycles. The summed E-state index contributed by atoms with van der Waals surface area (Å²) in [5.74, 6) is 1.29. The SMILES string of the molecule is CCC(NCC1CC1)c1ccccc1O. The van der Waals surface area contributed by atoms with Crippen LogP contribution in [0.2, 0.25) is 0 Å². The van der Waals surface area contributed by atoms with Gasteiger partial charge in [0.1, 0.15) is 5.75 Å². The van der Waals surface area contributed by atoms with E-state index >= 15 is 0 Å². The van der Waals surface area contributed by atoms with Crippen molar-refractivity contribution >= 4 is 0 Å². The smallest absolute Gasteiger partial charge is 0.120 e. The molecule has 0 radical (unpaired) electrons. The Kier molecular flexibility index (Phi) is 3.27. The maximum absolute atomic E-state index is 9.75. The van der Waals surface area contributed by atoms with Crippen molar-refractivity contribution in [3.63, 3.8) is 0 Å². The maximum Gasteiger partial charge on any atom is 0.120 e. The minimum Gasteiger partial charge on any atom is -0.508 e. The van der Waals surface area contributed by atoms with Gasteiger partial charge in [-0.15, -0.1) is 0 Å².